The summed E-state index contributed by atoms with van der Waals surface area (Å²) < 4.78 is 24.8. The van der Waals surface area contributed by atoms with Crippen LogP contribution in [-0.4, -0.2) is 62.5 Å². The minimum absolute atomic E-state index is 0.0768. The van der Waals surface area contributed by atoms with Crippen molar-refractivity contribution >= 4 is 9.84 Å². The molecule has 0 bridgehead atoms. The summed E-state index contributed by atoms with van der Waals surface area (Å²) in [6.45, 7) is 7.00. The van der Waals surface area contributed by atoms with E-state index >= 15 is 0 Å². The topological polar surface area (TPSA) is 69.6 Å². The fourth-order valence-corrected chi connectivity index (χ4v) is 4.03. The van der Waals surface area contributed by atoms with Gasteiger partial charge in [-0.3, -0.25) is 4.90 Å². The van der Waals surface area contributed by atoms with E-state index in [1.54, 1.807) is 12.1 Å². The summed E-state index contributed by atoms with van der Waals surface area (Å²) in [7, 11) is -3.27. The molecule has 0 spiro atoms. The number of hydrogen-bond donors (Lipinski definition) is 2. The van der Waals surface area contributed by atoms with E-state index < -0.39 is 15.4 Å². The number of nitrogens with one attached hydrogen (secondary N) is 1. The SMILES string of the molecule is CCN(CCS(=O)(=O)c1ccc(C)cc1)CC1(O)CCNC1. The Labute approximate surface area is 133 Å². The second kappa shape index (κ2) is 7.08. The Morgan fingerprint density at radius 2 is 2.00 bits per heavy atom. The molecular formula is C16H26N2O3S. The molecule has 1 aliphatic rings. The van der Waals surface area contributed by atoms with Crippen molar-refractivity contribution in [3.05, 3.63) is 29.8 Å². The van der Waals surface area contributed by atoms with Gasteiger partial charge in [0.25, 0.3) is 0 Å². The van der Waals surface area contributed by atoms with E-state index in [-0.39, 0.29) is 5.75 Å². The van der Waals surface area contributed by atoms with E-state index in [1.165, 1.54) is 0 Å². The van der Waals surface area contributed by atoms with Crippen molar-refractivity contribution in [2.75, 3.05) is 38.5 Å². The molecule has 1 heterocycles. The molecule has 1 atom stereocenters. The lowest BCUT2D eigenvalue weighted by Gasteiger charge is -2.29. The minimum Gasteiger partial charge on any atom is -0.387 e. The maximum Gasteiger partial charge on any atom is 0.179 e. The maximum atomic E-state index is 12.4. The van der Waals surface area contributed by atoms with Crippen LogP contribution in [0.15, 0.2) is 29.2 Å². The fourth-order valence-electron chi connectivity index (χ4n) is 2.74. The molecule has 22 heavy (non-hydrogen) atoms. The maximum absolute atomic E-state index is 12.4. The van der Waals surface area contributed by atoms with Crippen LogP contribution < -0.4 is 5.32 Å². The quantitative estimate of drug-likeness (QED) is 0.776. The van der Waals surface area contributed by atoms with Gasteiger partial charge in [-0.15, -0.1) is 0 Å². The van der Waals surface area contributed by atoms with Gasteiger partial charge in [0, 0.05) is 19.6 Å². The van der Waals surface area contributed by atoms with Crippen LogP contribution in [0.25, 0.3) is 0 Å². The number of hydrogen-bond acceptors (Lipinski definition) is 5. The van der Waals surface area contributed by atoms with Crippen LogP contribution in [-0.2, 0) is 9.84 Å². The van der Waals surface area contributed by atoms with Crippen molar-refractivity contribution in [3.63, 3.8) is 0 Å². The Hall–Kier alpha value is -0.950. The summed E-state index contributed by atoms with van der Waals surface area (Å²) in [5.74, 6) is 0.0768. The lowest BCUT2D eigenvalue weighted by atomic mass is 10.0. The number of sulfone groups is 1. The summed E-state index contributed by atoms with van der Waals surface area (Å²) >= 11 is 0. The molecule has 2 rings (SSSR count). The Morgan fingerprint density at radius 1 is 1.32 bits per heavy atom. The summed E-state index contributed by atoms with van der Waals surface area (Å²) in [4.78, 5) is 2.38. The molecule has 1 aliphatic heterocycles. The zero-order valence-corrected chi connectivity index (χ0v) is 14.2. The Morgan fingerprint density at radius 3 is 2.55 bits per heavy atom. The lowest BCUT2D eigenvalue weighted by molar-refractivity contribution is 0.0240. The molecule has 6 heteroatoms. The third-order valence-corrected chi connectivity index (χ3v) is 5.95. The van der Waals surface area contributed by atoms with Crippen LogP contribution in [0.1, 0.15) is 18.9 Å². The number of nitrogens with zero attached hydrogens (tertiary/aromatic N) is 1. The van der Waals surface area contributed by atoms with E-state index in [2.05, 4.69) is 5.32 Å². The fraction of sp³-hybridized carbons (Fsp3) is 0.625. The second-order valence-electron chi connectivity index (χ2n) is 6.15. The molecule has 0 aromatic heterocycles. The number of aryl methyl sites for hydroxylation is 1. The van der Waals surface area contributed by atoms with Gasteiger partial charge in [-0.2, -0.15) is 0 Å². The molecular weight excluding hydrogens is 300 g/mol. The number of rotatable bonds is 7. The third kappa shape index (κ3) is 4.52. The van der Waals surface area contributed by atoms with E-state index in [0.717, 1.165) is 18.7 Å². The van der Waals surface area contributed by atoms with Crippen LogP contribution in [0.5, 0.6) is 0 Å². The molecule has 0 aliphatic carbocycles. The highest BCUT2D eigenvalue weighted by Gasteiger charge is 2.32. The van der Waals surface area contributed by atoms with Gasteiger partial charge in [-0.05, 0) is 38.6 Å². The van der Waals surface area contributed by atoms with Gasteiger partial charge in [0.15, 0.2) is 9.84 Å². The Balaban J connectivity index is 1.95. The molecule has 1 aromatic carbocycles. The number of β-amino-alcohol motifs (C(OH)–C–C–N with tert-alkyl or cyclic N) is 1. The first-order valence-electron chi connectivity index (χ1n) is 7.79. The second-order valence-corrected chi connectivity index (χ2v) is 8.26. The zero-order valence-electron chi connectivity index (χ0n) is 13.4. The van der Waals surface area contributed by atoms with Crippen molar-refractivity contribution in [1.29, 1.82) is 0 Å². The van der Waals surface area contributed by atoms with Gasteiger partial charge in [-0.25, -0.2) is 8.42 Å². The summed E-state index contributed by atoms with van der Waals surface area (Å²) in [6, 6.07) is 6.96. The predicted molar refractivity (Wildman–Crippen MR) is 87.8 cm³/mol. The Kier molecular flexibility index (Phi) is 5.60. The number of aliphatic hydroxyl groups is 1. The van der Waals surface area contributed by atoms with Crippen LogP contribution in [0.4, 0.5) is 0 Å². The average molecular weight is 326 g/mol. The minimum atomic E-state index is -3.27. The van der Waals surface area contributed by atoms with Crippen LogP contribution in [0, 0.1) is 6.92 Å². The van der Waals surface area contributed by atoms with Gasteiger partial charge in [0.1, 0.15) is 0 Å². The van der Waals surface area contributed by atoms with Gasteiger partial charge in [0.05, 0.1) is 16.2 Å². The highest BCUT2D eigenvalue weighted by Crippen LogP contribution is 2.17. The van der Waals surface area contributed by atoms with Crippen molar-refractivity contribution in [2.24, 2.45) is 0 Å². The van der Waals surface area contributed by atoms with Crippen molar-refractivity contribution in [2.45, 2.75) is 30.8 Å². The zero-order chi connectivity index (χ0) is 16.2. The molecule has 2 N–H and O–H groups in total. The molecule has 0 radical (unpaired) electrons. The molecule has 0 saturated carbocycles. The first kappa shape index (κ1) is 17.4. The highest BCUT2D eigenvalue weighted by atomic mass is 32.2. The van der Waals surface area contributed by atoms with Gasteiger partial charge in [-0.1, -0.05) is 24.6 Å². The van der Waals surface area contributed by atoms with Crippen molar-refractivity contribution in [3.8, 4) is 0 Å². The monoisotopic (exact) mass is 326 g/mol. The first-order chi connectivity index (χ1) is 10.3. The smallest absolute Gasteiger partial charge is 0.179 e. The molecule has 1 aromatic rings. The van der Waals surface area contributed by atoms with Crippen LogP contribution in [0.2, 0.25) is 0 Å². The molecule has 1 unspecified atom stereocenters. The number of likely N-dealkylation sites (N-methyl/N-ethyl adjacent to an activating group) is 1. The lowest BCUT2D eigenvalue weighted by Crippen LogP contribution is -2.45. The number of benzene rings is 1. The van der Waals surface area contributed by atoms with Crippen molar-refractivity contribution < 1.29 is 13.5 Å². The van der Waals surface area contributed by atoms with Crippen molar-refractivity contribution in [1.82, 2.24) is 10.2 Å². The predicted octanol–water partition coefficient (Wildman–Crippen LogP) is 0.815. The van der Waals surface area contributed by atoms with Gasteiger partial charge in [0.2, 0.25) is 0 Å². The molecule has 0 amide bonds. The van der Waals surface area contributed by atoms with E-state index in [4.69, 9.17) is 0 Å². The van der Waals surface area contributed by atoms with E-state index in [9.17, 15) is 13.5 Å². The first-order valence-corrected chi connectivity index (χ1v) is 9.45. The molecule has 124 valence electrons. The summed E-state index contributed by atoms with van der Waals surface area (Å²) in [5.41, 5.74) is 0.314. The molecule has 5 nitrogen and oxygen atoms in total. The third-order valence-electron chi connectivity index (χ3n) is 4.24. The summed E-state index contributed by atoms with van der Waals surface area (Å²) in [5, 5.41) is 13.6. The normalized spacial score (nSPS) is 22.4. The summed E-state index contributed by atoms with van der Waals surface area (Å²) in [6.07, 6.45) is 0.716. The molecule has 1 saturated heterocycles. The van der Waals surface area contributed by atoms with Gasteiger partial charge >= 0.3 is 0 Å². The van der Waals surface area contributed by atoms with Crippen LogP contribution in [0.3, 0.4) is 0 Å². The van der Waals surface area contributed by atoms with Gasteiger partial charge < -0.3 is 10.4 Å². The Bertz CT molecular complexity index is 578. The largest absolute Gasteiger partial charge is 0.387 e. The van der Waals surface area contributed by atoms with E-state index in [1.807, 2.05) is 30.9 Å². The average Bonchev–Trinajstić information content (AvgIpc) is 2.91. The molecule has 1 fully saturated rings. The standard InChI is InChI=1S/C16H26N2O3S/c1-3-18(13-16(19)8-9-17-12-16)10-11-22(20,21)15-6-4-14(2)5-7-15/h4-7,17,19H,3,8-13H2,1-2H3. The van der Waals surface area contributed by atoms with Crippen LogP contribution >= 0.6 is 0 Å². The highest BCUT2D eigenvalue weighted by molar-refractivity contribution is 7.91. The van der Waals surface area contributed by atoms with E-state index in [0.29, 0.717) is 31.0 Å².